The molecule has 5 heteroatoms. The van der Waals surface area contributed by atoms with Crippen molar-refractivity contribution >= 4 is 28.9 Å². The first-order valence-electron chi connectivity index (χ1n) is 4.97. The number of anilines is 1. The van der Waals surface area contributed by atoms with E-state index in [1.807, 2.05) is 6.92 Å². The summed E-state index contributed by atoms with van der Waals surface area (Å²) >= 11 is 5.07. The minimum absolute atomic E-state index is 0.0599. The van der Waals surface area contributed by atoms with Gasteiger partial charge in [0.05, 0.1) is 11.6 Å². The number of nitrogens with zero attached hydrogens (tertiary/aromatic N) is 1. The van der Waals surface area contributed by atoms with Crippen molar-refractivity contribution in [2.75, 3.05) is 11.4 Å². The molecule has 1 N–H and O–H groups in total. The van der Waals surface area contributed by atoms with Gasteiger partial charge in [0.2, 0.25) is 5.91 Å². The van der Waals surface area contributed by atoms with Crippen molar-refractivity contribution in [2.45, 2.75) is 6.92 Å². The summed E-state index contributed by atoms with van der Waals surface area (Å²) in [5.41, 5.74) is 0.593. The number of carbonyl (C=O) groups excluding carboxylic acids is 1. The average Bonchev–Trinajstić information content (AvgIpc) is 2.27. The Morgan fingerprint density at radius 1 is 1.44 bits per heavy atom. The molecule has 0 saturated carbocycles. The first kappa shape index (κ1) is 11.0. The second-order valence-electron chi connectivity index (χ2n) is 3.74. The molecule has 1 saturated heterocycles. The number of hydrogen-bond donors (Lipinski definition) is 1. The Balaban J connectivity index is 2.34. The minimum atomic E-state index is -0.333. The lowest BCUT2D eigenvalue weighted by Gasteiger charge is -2.32. The van der Waals surface area contributed by atoms with E-state index in [9.17, 15) is 9.18 Å². The third kappa shape index (κ3) is 1.90. The smallest absolute Gasteiger partial charge is 0.237 e. The molecule has 2 rings (SSSR count). The van der Waals surface area contributed by atoms with Crippen LogP contribution in [0.5, 0.6) is 0 Å². The fourth-order valence-corrected chi connectivity index (χ4v) is 1.84. The molecule has 0 bridgehead atoms. The summed E-state index contributed by atoms with van der Waals surface area (Å²) in [6.45, 7) is 2.38. The highest BCUT2D eigenvalue weighted by atomic mass is 32.1. The fourth-order valence-electron chi connectivity index (χ4n) is 1.56. The van der Waals surface area contributed by atoms with Gasteiger partial charge in [-0.25, -0.2) is 4.39 Å². The van der Waals surface area contributed by atoms with Gasteiger partial charge in [-0.05, 0) is 36.5 Å². The summed E-state index contributed by atoms with van der Waals surface area (Å²) < 4.78 is 12.8. The van der Waals surface area contributed by atoms with Crippen molar-refractivity contribution < 1.29 is 9.18 Å². The molecule has 16 heavy (non-hydrogen) atoms. The SMILES string of the molecule is C[C@H]1CNC(=S)N(c2ccc(F)cc2)C1=O. The molecule has 0 spiro atoms. The molecule has 1 amide bonds. The number of hydrogen-bond acceptors (Lipinski definition) is 2. The molecule has 1 aromatic carbocycles. The van der Waals surface area contributed by atoms with E-state index >= 15 is 0 Å². The lowest BCUT2D eigenvalue weighted by Crippen LogP contribution is -2.54. The van der Waals surface area contributed by atoms with Crippen LogP contribution in [0.2, 0.25) is 0 Å². The van der Waals surface area contributed by atoms with Crippen LogP contribution in [0, 0.1) is 11.7 Å². The van der Waals surface area contributed by atoms with Crippen LogP contribution in [-0.4, -0.2) is 17.6 Å². The van der Waals surface area contributed by atoms with Gasteiger partial charge in [-0.1, -0.05) is 6.92 Å². The van der Waals surface area contributed by atoms with Crippen LogP contribution in [-0.2, 0) is 4.79 Å². The monoisotopic (exact) mass is 238 g/mol. The van der Waals surface area contributed by atoms with Crippen molar-refractivity contribution in [3.05, 3.63) is 30.1 Å². The summed E-state index contributed by atoms with van der Waals surface area (Å²) in [4.78, 5) is 13.3. The molecule has 1 atom stereocenters. The Morgan fingerprint density at radius 3 is 2.69 bits per heavy atom. The molecule has 0 radical (unpaired) electrons. The summed E-state index contributed by atoms with van der Waals surface area (Å²) in [7, 11) is 0. The zero-order valence-electron chi connectivity index (χ0n) is 8.74. The molecular weight excluding hydrogens is 227 g/mol. The van der Waals surface area contributed by atoms with E-state index in [-0.39, 0.29) is 17.6 Å². The van der Waals surface area contributed by atoms with Gasteiger partial charge < -0.3 is 5.32 Å². The molecule has 84 valence electrons. The second kappa shape index (κ2) is 4.17. The third-order valence-electron chi connectivity index (χ3n) is 2.49. The molecule has 1 heterocycles. The standard InChI is InChI=1S/C11H11FN2OS/c1-7-6-13-11(16)14(10(7)15)9-4-2-8(12)3-5-9/h2-5,7H,6H2,1H3,(H,13,16)/t7-/m0/s1. The maximum Gasteiger partial charge on any atom is 0.237 e. The quantitative estimate of drug-likeness (QED) is 0.756. The Morgan fingerprint density at radius 2 is 2.06 bits per heavy atom. The van der Waals surface area contributed by atoms with E-state index in [0.29, 0.717) is 17.3 Å². The number of rotatable bonds is 1. The zero-order chi connectivity index (χ0) is 11.7. The van der Waals surface area contributed by atoms with Crippen molar-refractivity contribution in [3.63, 3.8) is 0 Å². The van der Waals surface area contributed by atoms with Crippen molar-refractivity contribution in [1.82, 2.24) is 5.32 Å². The molecule has 1 fully saturated rings. The summed E-state index contributed by atoms with van der Waals surface area (Å²) in [6.07, 6.45) is 0. The number of halogens is 1. The van der Waals surface area contributed by atoms with Crippen LogP contribution in [0.25, 0.3) is 0 Å². The van der Waals surface area contributed by atoms with E-state index in [1.165, 1.54) is 17.0 Å². The number of nitrogens with one attached hydrogen (secondary N) is 1. The Kier molecular flexibility index (Phi) is 2.87. The van der Waals surface area contributed by atoms with Gasteiger partial charge >= 0.3 is 0 Å². The lowest BCUT2D eigenvalue weighted by molar-refractivity contribution is -0.121. The van der Waals surface area contributed by atoms with Gasteiger partial charge in [0, 0.05) is 6.54 Å². The highest BCUT2D eigenvalue weighted by molar-refractivity contribution is 7.80. The molecule has 1 aromatic rings. The van der Waals surface area contributed by atoms with Crippen LogP contribution in [0.15, 0.2) is 24.3 Å². The first-order valence-corrected chi connectivity index (χ1v) is 5.38. The maximum atomic E-state index is 12.8. The normalized spacial score (nSPS) is 20.9. The average molecular weight is 238 g/mol. The molecule has 3 nitrogen and oxygen atoms in total. The van der Waals surface area contributed by atoms with Crippen LogP contribution in [0.3, 0.4) is 0 Å². The number of thiocarbonyl (C=S) groups is 1. The van der Waals surface area contributed by atoms with Crippen LogP contribution in [0.1, 0.15) is 6.92 Å². The van der Waals surface area contributed by atoms with Crippen molar-refractivity contribution in [1.29, 1.82) is 0 Å². The molecule has 0 aromatic heterocycles. The highest BCUT2D eigenvalue weighted by Gasteiger charge is 2.29. The molecule has 1 aliphatic rings. The Bertz CT molecular complexity index is 432. The van der Waals surface area contributed by atoms with Gasteiger partial charge in [0.15, 0.2) is 5.11 Å². The van der Waals surface area contributed by atoms with Gasteiger partial charge in [-0.3, -0.25) is 9.69 Å². The van der Waals surface area contributed by atoms with Crippen LogP contribution in [0.4, 0.5) is 10.1 Å². The third-order valence-corrected chi connectivity index (χ3v) is 2.82. The Hall–Kier alpha value is -1.49. The predicted octanol–water partition coefficient (Wildman–Crippen LogP) is 1.68. The summed E-state index contributed by atoms with van der Waals surface area (Å²) in [6, 6.07) is 5.70. The molecule has 0 unspecified atom stereocenters. The van der Waals surface area contributed by atoms with Crippen molar-refractivity contribution in [2.24, 2.45) is 5.92 Å². The summed E-state index contributed by atoms with van der Waals surface area (Å²) in [5.74, 6) is -0.521. The highest BCUT2D eigenvalue weighted by Crippen LogP contribution is 2.20. The number of amides is 1. The van der Waals surface area contributed by atoms with Gasteiger partial charge in [0.25, 0.3) is 0 Å². The van der Waals surface area contributed by atoms with Crippen molar-refractivity contribution in [3.8, 4) is 0 Å². The summed E-state index contributed by atoms with van der Waals surface area (Å²) in [5, 5.41) is 3.34. The maximum absolute atomic E-state index is 12.8. The molecule has 1 aliphatic heterocycles. The van der Waals surface area contributed by atoms with Gasteiger partial charge in [0.1, 0.15) is 5.82 Å². The number of carbonyl (C=O) groups is 1. The van der Waals surface area contributed by atoms with E-state index in [4.69, 9.17) is 12.2 Å². The lowest BCUT2D eigenvalue weighted by atomic mass is 10.1. The second-order valence-corrected chi connectivity index (χ2v) is 4.12. The van der Waals surface area contributed by atoms with Gasteiger partial charge in [-0.2, -0.15) is 0 Å². The van der Waals surface area contributed by atoms with E-state index in [1.54, 1.807) is 12.1 Å². The largest absolute Gasteiger partial charge is 0.361 e. The molecular formula is C11H11FN2OS. The van der Waals surface area contributed by atoms with Crippen LogP contribution < -0.4 is 10.2 Å². The predicted molar refractivity (Wildman–Crippen MR) is 63.7 cm³/mol. The zero-order valence-corrected chi connectivity index (χ0v) is 9.55. The minimum Gasteiger partial charge on any atom is -0.361 e. The van der Waals surface area contributed by atoms with Gasteiger partial charge in [-0.15, -0.1) is 0 Å². The topological polar surface area (TPSA) is 32.3 Å². The van der Waals surface area contributed by atoms with E-state index < -0.39 is 0 Å². The number of benzene rings is 1. The fraction of sp³-hybridized carbons (Fsp3) is 0.273. The first-order chi connectivity index (χ1) is 7.59. The van der Waals surface area contributed by atoms with Crippen LogP contribution >= 0.6 is 12.2 Å². The van der Waals surface area contributed by atoms with E-state index in [0.717, 1.165) is 0 Å². The molecule has 0 aliphatic carbocycles. The van der Waals surface area contributed by atoms with E-state index in [2.05, 4.69) is 5.32 Å². The Labute approximate surface area is 98.2 Å².